The number of nitrogens with one attached hydrogen (secondary N) is 2. The first-order chi connectivity index (χ1) is 21.4. The maximum absolute atomic E-state index is 12.2. The molecular formula is C32H40N6O6. The summed E-state index contributed by atoms with van der Waals surface area (Å²) in [6, 6.07) is 16.4. The Hall–Kier alpha value is -4.10. The molecule has 234 valence electrons. The third-order valence-corrected chi connectivity index (χ3v) is 7.91. The molecule has 2 aromatic carbocycles. The van der Waals surface area contributed by atoms with Gasteiger partial charge in [0.15, 0.2) is 6.29 Å². The van der Waals surface area contributed by atoms with E-state index in [4.69, 9.17) is 14.2 Å². The van der Waals surface area contributed by atoms with Gasteiger partial charge >= 0.3 is 12.0 Å². The van der Waals surface area contributed by atoms with E-state index in [-0.39, 0.29) is 37.9 Å². The van der Waals surface area contributed by atoms with Crippen molar-refractivity contribution in [1.29, 1.82) is 0 Å². The van der Waals surface area contributed by atoms with E-state index < -0.39 is 18.3 Å². The summed E-state index contributed by atoms with van der Waals surface area (Å²) < 4.78 is 18.0. The van der Waals surface area contributed by atoms with E-state index in [1.54, 1.807) is 31.5 Å². The first-order valence-electron chi connectivity index (χ1n) is 15.0. The molecule has 12 heteroatoms. The average molecular weight is 605 g/mol. The Labute approximate surface area is 257 Å². The molecule has 2 aliphatic rings. The Balaban J connectivity index is 1.26. The minimum Gasteiger partial charge on any atom is -0.465 e. The number of hydrogen-bond donors (Lipinski definition) is 3. The predicted molar refractivity (Wildman–Crippen MR) is 164 cm³/mol. The molecule has 3 heterocycles. The lowest BCUT2D eigenvalue weighted by molar-refractivity contribution is -0.276. The van der Waals surface area contributed by atoms with Crippen molar-refractivity contribution in [2.45, 2.75) is 39.0 Å². The van der Waals surface area contributed by atoms with E-state index in [1.165, 1.54) is 0 Å². The zero-order valence-electron chi connectivity index (χ0n) is 25.1. The molecular weight excluding hydrogens is 564 g/mol. The van der Waals surface area contributed by atoms with Gasteiger partial charge in [0.25, 0.3) is 0 Å². The number of aliphatic hydroxyl groups is 1. The summed E-state index contributed by atoms with van der Waals surface area (Å²) in [5.41, 5.74) is 3.25. The first kappa shape index (κ1) is 31.3. The molecule has 0 aliphatic carbocycles. The van der Waals surface area contributed by atoms with Crippen molar-refractivity contribution < 1.29 is 28.9 Å². The summed E-state index contributed by atoms with van der Waals surface area (Å²) in [7, 11) is 0. The van der Waals surface area contributed by atoms with Gasteiger partial charge in [-0.2, -0.15) is 0 Å². The molecule has 12 nitrogen and oxygen atoms in total. The highest BCUT2D eigenvalue weighted by Gasteiger charge is 2.39. The highest BCUT2D eigenvalue weighted by Crippen LogP contribution is 2.42. The normalized spacial score (nSPS) is 22.3. The van der Waals surface area contributed by atoms with Crippen LogP contribution in [0.2, 0.25) is 0 Å². The van der Waals surface area contributed by atoms with Gasteiger partial charge in [-0.05, 0) is 36.2 Å². The Morgan fingerprint density at radius 2 is 1.66 bits per heavy atom. The van der Waals surface area contributed by atoms with Crippen LogP contribution in [0.4, 0.5) is 16.4 Å². The number of ether oxygens (including phenoxy) is 3. The molecule has 3 N–H and O–H groups in total. The molecule has 4 atom stereocenters. The fourth-order valence-electron chi connectivity index (χ4n) is 5.43. The second-order valence-corrected chi connectivity index (χ2v) is 10.9. The van der Waals surface area contributed by atoms with Crippen molar-refractivity contribution in [1.82, 2.24) is 20.2 Å². The number of esters is 1. The molecule has 0 saturated carbocycles. The fraction of sp³-hybridized carbons (Fsp3) is 0.438. The van der Waals surface area contributed by atoms with Crippen LogP contribution in [0.1, 0.15) is 42.9 Å². The van der Waals surface area contributed by atoms with Crippen LogP contribution in [0.15, 0.2) is 67.0 Å². The monoisotopic (exact) mass is 604 g/mol. The number of benzene rings is 2. The van der Waals surface area contributed by atoms with Crippen LogP contribution in [0.3, 0.4) is 0 Å². The van der Waals surface area contributed by atoms with E-state index >= 15 is 0 Å². The second-order valence-electron chi connectivity index (χ2n) is 10.9. The Bertz CT molecular complexity index is 1350. The number of anilines is 2. The summed E-state index contributed by atoms with van der Waals surface area (Å²) in [4.78, 5) is 37.1. The highest BCUT2D eigenvalue weighted by atomic mass is 16.7. The van der Waals surface area contributed by atoms with Crippen molar-refractivity contribution in [3.63, 3.8) is 0 Å². The largest absolute Gasteiger partial charge is 0.465 e. The number of carbonyl (C=O) groups excluding carboxylic acids is 2. The quantitative estimate of drug-likeness (QED) is 0.296. The lowest BCUT2D eigenvalue weighted by atomic mass is 9.90. The number of urea groups is 1. The Kier molecular flexibility index (Phi) is 10.7. The van der Waals surface area contributed by atoms with E-state index in [1.807, 2.05) is 42.5 Å². The van der Waals surface area contributed by atoms with Crippen LogP contribution in [0.5, 0.6) is 0 Å². The lowest BCUT2D eigenvalue weighted by Crippen LogP contribution is -2.51. The number of aliphatic hydroxyl groups excluding tert-OH is 1. The van der Waals surface area contributed by atoms with Gasteiger partial charge in [0.2, 0.25) is 5.95 Å². The second kappa shape index (κ2) is 15.1. The first-order valence-corrected chi connectivity index (χ1v) is 15.0. The molecule has 0 bridgehead atoms. The van der Waals surface area contributed by atoms with Crippen molar-refractivity contribution in [2.24, 2.45) is 5.92 Å². The topological polar surface area (TPSA) is 138 Å². The third kappa shape index (κ3) is 8.08. The van der Waals surface area contributed by atoms with Gasteiger partial charge in [-0.1, -0.05) is 43.3 Å². The third-order valence-electron chi connectivity index (χ3n) is 7.91. The summed E-state index contributed by atoms with van der Waals surface area (Å²) in [5.74, 6) is 0.315. The van der Waals surface area contributed by atoms with Crippen molar-refractivity contribution in [2.75, 3.05) is 56.1 Å². The van der Waals surface area contributed by atoms with Gasteiger partial charge < -0.3 is 34.9 Å². The number of aromatic nitrogens is 2. The van der Waals surface area contributed by atoms with E-state index in [9.17, 15) is 14.7 Å². The molecule has 2 aliphatic heterocycles. The van der Waals surface area contributed by atoms with Gasteiger partial charge in [0.05, 0.1) is 25.4 Å². The minimum absolute atomic E-state index is 0.0169. The summed E-state index contributed by atoms with van der Waals surface area (Å²) in [6.45, 7) is 8.03. The maximum atomic E-state index is 12.2. The van der Waals surface area contributed by atoms with Gasteiger partial charge in [0.1, 0.15) is 6.54 Å². The molecule has 44 heavy (non-hydrogen) atoms. The highest BCUT2D eigenvalue weighted by molar-refractivity contribution is 5.91. The molecule has 1 aromatic heterocycles. The molecule has 5 rings (SSSR count). The van der Waals surface area contributed by atoms with Crippen LogP contribution >= 0.6 is 0 Å². The molecule has 2 saturated heterocycles. The minimum atomic E-state index is -0.621. The van der Waals surface area contributed by atoms with Crippen LogP contribution in [0, 0.1) is 5.92 Å². The maximum Gasteiger partial charge on any atom is 0.325 e. The summed E-state index contributed by atoms with van der Waals surface area (Å²) in [6.07, 6.45) is 2.58. The zero-order chi connectivity index (χ0) is 30.9. The molecule has 0 unspecified atom stereocenters. The number of rotatable bonds is 10. The molecule has 3 aromatic rings. The summed E-state index contributed by atoms with van der Waals surface area (Å²) >= 11 is 0. The van der Waals surface area contributed by atoms with Gasteiger partial charge in [-0.3, -0.25) is 9.69 Å². The van der Waals surface area contributed by atoms with Crippen molar-refractivity contribution in [3.8, 4) is 0 Å². The van der Waals surface area contributed by atoms with Gasteiger partial charge in [-0.25, -0.2) is 14.8 Å². The molecule has 2 amide bonds. The number of carbonyl (C=O) groups is 2. The Morgan fingerprint density at radius 1 is 0.977 bits per heavy atom. The standard InChI is InChI=1S/C32H40N6O6/c1-3-42-28(40)19-35-32(41)36-26-11-9-25(10-12-26)30-43-27(22(2)29(44-30)24-7-5-23(21-39)6-8-24)20-37-15-17-38(18-16-37)31-33-13-4-14-34-31/h4-14,22,27,29-30,39H,3,15-21H2,1-2H3,(H2,35,36,41)/t22-,27+,29+,30+/m1/s1. The Morgan fingerprint density at radius 3 is 2.32 bits per heavy atom. The van der Waals surface area contributed by atoms with Crippen molar-refractivity contribution in [3.05, 3.63) is 83.7 Å². The number of nitrogens with zero attached hydrogens (tertiary/aromatic N) is 4. The van der Waals surface area contributed by atoms with E-state index in [2.05, 4.69) is 37.3 Å². The number of amides is 2. The van der Waals surface area contributed by atoms with Gasteiger partial charge in [0, 0.05) is 62.3 Å². The SMILES string of the molecule is CCOC(=O)CNC(=O)Nc1ccc([C@H]2O[C@@H](CN3CCN(c4ncccn4)CC3)[C@@H](C)[C@@H](c3ccc(CO)cc3)O2)cc1. The van der Waals surface area contributed by atoms with E-state index in [0.717, 1.165) is 55.4 Å². The summed E-state index contributed by atoms with van der Waals surface area (Å²) in [5, 5.41) is 14.7. The van der Waals surface area contributed by atoms with E-state index in [0.29, 0.717) is 5.69 Å². The van der Waals surface area contributed by atoms with Crippen LogP contribution in [-0.2, 0) is 25.6 Å². The zero-order valence-corrected chi connectivity index (χ0v) is 25.1. The fourth-order valence-corrected chi connectivity index (χ4v) is 5.43. The van der Waals surface area contributed by atoms with Crippen LogP contribution in [-0.4, -0.2) is 84.0 Å². The van der Waals surface area contributed by atoms with Crippen LogP contribution in [0.25, 0.3) is 0 Å². The smallest absolute Gasteiger partial charge is 0.325 e. The molecule has 0 radical (unpaired) electrons. The molecule has 0 spiro atoms. The average Bonchev–Trinajstić information content (AvgIpc) is 3.06. The molecule has 2 fully saturated rings. The lowest BCUT2D eigenvalue weighted by Gasteiger charge is -2.44. The van der Waals surface area contributed by atoms with Crippen molar-refractivity contribution >= 4 is 23.6 Å². The number of piperazine rings is 1. The van der Waals surface area contributed by atoms with Crippen LogP contribution < -0.4 is 15.5 Å². The number of hydrogen-bond acceptors (Lipinski definition) is 10. The van der Waals surface area contributed by atoms with Gasteiger partial charge in [-0.15, -0.1) is 0 Å². The predicted octanol–water partition coefficient (Wildman–Crippen LogP) is 3.27.